The first kappa shape index (κ1) is 100. The summed E-state index contributed by atoms with van der Waals surface area (Å²) in [7, 11) is -15.9. The van der Waals surface area contributed by atoms with Crippen LogP contribution in [-0.2, 0) is 72.9 Å². The number of sulfone groups is 5. The molecule has 756 valence electrons. The normalized spacial score (nSPS) is 24.3. The summed E-state index contributed by atoms with van der Waals surface area (Å²) in [5.41, 5.74) is 11.6. The highest BCUT2D eigenvalue weighted by Gasteiger charge is 2.42. The summed E-state index contributed by atoms with van der Waals surface area (Å²) in [6.07, 6.45) is 11.6. The standard InChI is InChI=1S/2C21H25N5O3S.C20H23N5O3S.2C19H24N4O3S/c2*1-14-13-29-10-9-25(14)20-12-17(19-8-5-11-30(19,27)28)23-21(24-20)26-15(2)22-16-6-3-4-7-18(16)26;1-14-12-28-9-8-24(14)19-11-16(18-7-4-10-29(18,26)27)22-20(23-19)25-13-21-15-5-2-3-6-17(15)25;2*1-13-10-15(5-6-20-13)19-21-16(17-4-3-9-27(17,24)25)11-18(22-19)23-7-8-26-12-14(23)2/h2*3-4,6-7,12,14,19H,5,8-11,13H2,1-2H3;2-3,5-6,11,13-14,18H,4,7-10,12H2,1H3;2*5-6,10-11,14,17H,3-4,7-9,12H2,1-2H3/t14-,19?;14-,19-;14-,18-;14-,17+;14-,17-/m11111/s1. The number of hydrogen-bond acceptors (Lipinski definition) is 35. The van der Waals surface area contributed by atoms with Crippen molar-refractivity contribution < 1.29 is 65.8 Å². The number of fused-ring (bicyclic) bond motifs is 3. The molecule has 1 unspecified atom stereocenters. The van der Waals surface area contributed by atoms with Crippen molar-refractivity contribution >= 4 is 111 Å². The third-order valence-electron chi connectivity index (χ3n) is 28.1. The zero-order valence-corrected chi connectivity index (χ0v) is 85.9. The van der Waals surface area contributed by atoms with E-state index in [2.05, 4.69) is 94.0 Å². The fraction of sp³-hybridized carbons (Fsp3) is 0.490. The van der Waals surface area contributed by atoms with Crippen molar-refractivity contribution in [2.24, 2.45) is 0 Å². The number of imidazole rings is 3. The number of benzene rings is 3. The number of pyridine rings is 2. The molecule has 10 aromatic heterocycles. The molecule has 10 aliphatic rings. The minimum absolute atomic E-state index is 0.148. The van der Waals surface area contributed by atoms with E-state index in [0.717, 1.165) is 109 Å². The molecule has 0 amide bonds. The van der Waals surface area contributed by atoms with Crippen LogP contribution >= 0.6 is 0 Å². The minimum atomic E-state index is -3.20. The van der Waals surface area contributed by atoms with Gasteiger partial charge in [-0.15, -0.1) is 0 Å². The first-order chi connectivity index (χ1) is 68.8. The van der Waals surface area contributed by atoms with E-state index >= 15 is 0 Å². The summed E-state index contributed by atoms with van der Waals surface area (Å²) in [5, 5.41) is -2.82. The van der Waals surface area contributed by atoms with Crippen molar-refractivity contribution in [3.63, 3.8) is 0 Å². The van der Waals surface area contributed by atoms with Crippen LogP contribution in [0.3, 0.4) is 0 Å². The molecule has 13 aromatic rings. The molecule has 3 aromatic carbocycles. The van der Waals surface area contributed by atoms with Gasteiger partial charge in [0.25, 0.3) is 0 Å². The van der Waals surface area contributed by atoms with Gasteiger partial charge in [-0.05, 0) is 187 Å². The van der Waals surface area contributed by atoms with Crippen LogP contribution in [0.25, 0.3) is 73.7 Å². The lowest BCUT2D eigenvalue weighted by molar-refractivity contribution is 0.0984. The van der Waals surface area contributed by atoms with Gasteiger partial charge < -0.3 is 48.2 Å². The summed E-state index contributed by atoms with van der Waals surface area (Å²) < 4.78 is 159. The maximum Gasteiger partial charge on any atom is 0.237 e. The van der Waals surface area contributed by atoms with Crippen LogP contribution < -0.4 is 24.5 Å². The van der Waals surface area contributed by atoms with Gasteiger partial charge in [0.2, 0.25) is 17.8 Å². The zero-order valence-electron chi connectivity index (χ0n) is 81.8. The quantitative estimate of drug-likeness (QED) is 0.0919. The molecule has 23 rings (SSSR count). The van der Waals surface area contributed by atoms with Gasteiger partial charge in [0, 0.05) is 98.0 Å². The van der Waals surface area contributed by atoms with Crippen LogP contribution in [0.1, 0.15) is 177 Å². The maximum atomic E-state index is 12.7. The van der Waals surface area contributed by atoms with Gasteiger partial charge in [0.05, 0.1) is 187 Å². The van der Waals surface area contributed by atoms with E-state index < -0.39 is 75.4 Å². The van der Waals surface area contributed by atoms with Gasteiger partial charge in [0.15, 0.2) is 60.8 Å². The third kappa shape index (κ3) is 21.7. The Morgan fingerprint density at radius 2 is 0.573 bits per heavy atom. The van der Waals surface area contributed by atoms with Crippen molar-refractivity contribution in [1.82, 2.24) is 88.5 Å². The number of anilines is 5. The second-order valence-electron chi connectivity index (χ2n) is 38.3. The molecule has 0 saturated carbocycles. The average molecular weight is 2050 g/mol. The molecule has 0 spiro atoms. The van der Waals surface area contributed by atoms with Crippen molar-refractivity contribution in [3.8, 4) is 40.6 Å². The molecule has 10 aliphatic heterocycles. The van der Waals surface area contributed by atoms with Gasteiger partial charge in [-0.25, -0.2) is 91.9 Å². The van der Waals surface area contributed by atoms with Crippen LogP contribution in [-0.4, -0.2) is 288 Å². The molecule has 43 heteroatoms. The third-order valence-corrected chi connectivity index (χ3v) is 39.1. The SMILES string of the molecule is C[C@@H]1COCCN1c1cc([C@H]2CCCS2(=O)=O)nc(-n2cnc3ccccc32)n1.Cc1cc(-c2nc([C@@H]3CCCS3(=O)=O)cc(N3CCOC[C@H]3C)n2)ccn1.Cc1cc(-c2nc([C@H]3CCCS3(=O)=O)cc(N3CCOC[C@H]3C)n2)ccn1.Cc1nc2ccccc2n1-c1nc(C2CCCS2(=O)=O)cc(N2CCOC[C@H]2C)n1.Cc1nc2ccccc2n1-c1nc([C@H]2CCCS2(=O)=O)cc(N2CCOC[C@H]2C)n1. The molecule has 0 bridgehead atoms. The second kappa shape index (κ2) is 42.2. The van der Waals surface area contributed by atoms with E-state index in [9.17, 15) is 42.1 Å². The van der Waals surface area contributed by atoms with Gasteiger partial charge in [-0.3, -0.25) is 23.7 Å². The number of aryl methyl sites for hydroxylation is 4. The Balaban J connectivity index is 0.000000113. The molecule has 38 nitrogen and oxygen atoms in total. The monoisotopic (exact) mass is 2040 g/mol. The number of aromatic nitrogens is 18. The Morgan fingerprint density at radius 3 is 0.874 bits per heavy atom. The van der Waals surface area contributed by atoms with Gasteiger partial charge in [0.1, 0.15) is 73.3 Å². The first-order valence-electron chi connectivity index (χ1n) is 49.2. The van der Waals surface area contributed by atoms with Crippen molar-refractivity contribution in [2.75, 3.05) is 152 Å². The highest BCUT2D eigenvalue weighted by Crippen LogP contribution is 2.43. The van der Waals surface area contributed by atoms with Gasteiger partial charge in [-0.1, -0.05) is 36.4 Å². The average Bonchev–Trinajstić information content (AvgIpc) is 1.64. The van der Waals surface area contributed by atoms with E-state index in [1.54, 1.807) is 18.7 Å². The molecule has 0 N–H and O–H groups in total. The van der Waals surface area contributed by atoms with Gasteiger partial charge >= 0.3 is 0 Å². The number of para-hydroxylation sites is 6. The fourth-order valence-corrected chi connectivity index (χ4v) is 29.9. The molecular formula is C100H121N23O15S5. The molecule has 10 atom stereocenters. The summed E-state index contributed by atoms with van der Waals surface area (Å²) >= 11 is 0. The Kier molecular flexibility index (Phi) is 29.5. The molecule has 0 radical (unpaired) electrons. The number of rotatable bonds is 15. The van der Waals surface area contributed by atoms with Crippen LogP contribution in [0.15, 0.2) is 146 Å². The molecular weight excluding hydrogens is 1920 g/mol. The smallest absolute Gasteiger partial charge is 0.237 e. The lowest BCUT2D eigenvalue weighted by atomic mass is 10.1. The highest BCUT2D eigenvalue weighted by molar-refractivity contribution is 7.93. The minimum Gasteiger partial charge on any atom is -0.377 e. The lowest BCUT2D eigenvalue weighted by Gasteiger charge is -2.34. The fourth-order valence-electron chi connectivity index (χ4n) is 20.6. The molecule has 10 saturated heterocycles. The Labute approximate surface area is 833 Å². The summed E-state index contributed by atoms with van der Waals surface area (Å²) in [6, 6.07) is 41.1. The molecule has 143 heavy (non-hydrogen) atoms. The first-order valence-corrected chi connectivity index (χ1v) is 57.8. The maximum absolute atomic E-state index is 12.7. The van der Waals surface area contributed by atoms with E-state index in [4.69, 9.17) is 63.6 Å². The van der Waals surface area contributed by atoms with E-state index in [-0.39, 0.29) is 59.0 Å². The van der Waals surface area contributed by atoms with Gasteiger partial charge in [-0.2, -0.15) is 15.0 Å². The summed E-state index contributed by atoms with van der Waals surface area (Å²) in [6.45, 7) is 27.9. The van der Waals surface area contributed by atoms with Crippen LogP contribution in [0.4, 0.5) is 29.1 Å². The van der Waals surface area contributed by atoms with Crippen molar-refractivity contribution in [2.45, 2.75) is 183 Å². The van der Waals surface area contributed by atoms with Crippen LogP contribution in [0.5, 0.6) is 0 Å². The summed E-state index contributed by atoms with van der Waals surface area (Å²) in [5.74, 6) is 8.88. The largest absolute Gasteiger partial charge is 0.377 e. The van der Waals surface area contributed by atoms with Crippen molar-refractivity contribution in [3.05, 3.63) is 198 Å². The van der Waals surface area contributed by atoms with Crippen LogP contribution in [0, 0.1) is 27.7 Å². The molecule has 0 aliphatic carbocycles. The van der Waals surface area contributed by atoms with E-state index in [1.807, 2.05) is 169 Å². The number of nitrogens with zero attached hydrogens (tertiary/aromatic N) is 23. The number of hydrogen-bond donors (Lipinski definition) is 0. The second-order valence-corrected chi connectivity index (χ2v) is 49.8. The lowest BCUT2D eigenvalue weighted by Crippen LogP contribution is -2.44. The van der Waals surface area contributed by atoms with Crippen LogP contribution in [0.2, 0.25) is 0 Å². The predicted octanol–water partition coefficient (Wildman–Crippen LogP) is 12.1. The van der Waals surface area contributed by atoms with E-state index in [0.29, 0.717) is 208 Å². The number of morpholine rings is 5. The Hall–Kier alpha value is -11.7. The number of ether oxygens (including phenoxy) is 5. The molecule has 10 fully saturated rings. The summed E-state index contributed by atoms with van der Waals surface area (Å²) in [4.78, 5) is 80.7. The Morgan fingerprint density at radius 1 is 0.294 bits per heavy atom. The Bertz CT molecular complexity index is 7140. The van der Waals surface area contributed by atoms with Crippen molar-refractivity contribution in [1.29, 1.82) is 0 Å². The zero-order chi connectivity index (χ0) is 99.8. The predicted molar refractivity (Wildman–Crippen MR) is 546 cm³/mol. The van der Waals surface area contributed by atoms with E-state index in [1.165, 1.54) is 0 Å². The highest BCUT2D eigenvalue weighted by atomic mass is 32.2. The molecule has 20 heterocycles. The topological polar surface area (TPSA) is 441 Å².